The second-order valence-electron chi connectivity index (χ2n) is 10.8. The number of benzene rings is 1. The first-order valence-corrected chi connectivity index (χ1v) is 14.2. The van der Waals surface area contributed by atoms with Crippen LogP contribution in [0.25, 0.3) is 0 Å². The van der Waals surface area contributed by atoms with Crippen molar-refractivity contribution in [2.45, 2.75) is 122 Å². The molecule has 0 unspecified atom stereocenters. The minimum Gasteiger partial charge on any atom is -0.490 e. The van der Waals surface area contributed by atoms with Gasteiger partial charge in [0, 0.05) is 0 Å². The Hall–Kier alpha value is -1.24. The first-order chi connectivity index (χ1) is 15.8. The third kappa shape index (κ3) is 8.95. The summed E-state index contributed by atoms with van der Waals surface area (Å²) >= 11 is 0. The molecule has 1 aromatic rings. The molecule has 0 atom stereocenters. The second kappa shape index (κ2) is 14.8. The Kier molecular flexibility index (Phi) is 11.8. The maximum atomic E-state index is 6.01. The Morgan fingerprint density at radius 1 is 0.719 bits per heavy atom. The quantitative estimate of drug-likeness (QED) is 0.220. The molecule has 1 heteroatoms. The van der Waals surface area contributed by atoms with E-state index in [0.29, 0.717) is 6.61 Å². The molecule has 0 amide bonds. The van der Waals surface area contributed by atoms with Gasteiger partial charge in [0.2, 0.25) is 0 Å². The molecule has 32 heavy (non-hydrogen) atoms. The van der Waals surface area contributed by atoms with E-state index in [1.165, 1.54) is 108 Å². The van der Waals surface area contributed by atoms with Crippen LogP contribution in [0.2, 0.25) is 0 Å². The zero-order valence-electron chi connectivity index (χ0n) is 21.2. The van der Waals surface area contributed by atoms with Gasteiger partial charge >= 0.3 is 0 Å². The van der Waals surface area contributed by atoms with Crippen molar-refractivity contribution < 1.29 is 4.74 Å². The lowest BCUT2D eigenvalue weighted by molar-refractivity contribution is 0.288. The van der Waals surface area contributed by atoms with Crippen molar-refractivity contribution in [1.82, 2.24) is 0 Å². The fourth-order valence-electron chi connectivity index (χ4n) is 6.05. The highest BCUT2D eigenvalue weighted by Gasteiger charge is 2.22. The van der Waals surface area contributed by atoms with Gasteiger partial charge in [-0.2, -0.15) is 0 Å². The fourth-order valence-corrected chi connectivity index (χ4v) is 6.05. The molecule has 180 valence electrons. The third-order valence-electron chi connectivity index (χ3n) is 8.28. The zero-order valence-corrected chi connectivity index (χ0v) is 21.2. The van der Waals surface area contributed by atoms with Crippen molar-refractivity contribution in [3.05, 3.63) is 42.0 Å². The van der Waals surface area contributed by atoms with E-state index in [-0.39, 0.29) is 0 Å². The standard InChI is InChI=1S/C31H50O/c1-3-5-7-10-26-13-15-28(16-14-26)12-9-25-32-31-23-21-30(22-24-31)29-19-17-27(18-20-29)11-8-6-4-2/h9,12,21-24,26-29H,3-8,10-11,13-20,25H2,1-2H3/b12-9+. The van der Waals surface area contributed by atoms with E-state index < -0.39 is 0 Å². The summed E-state index contributed by atoms with van der Waals surface area (Å²) in [6.07, 6.45) is 27.2. The van der Waals surface area contributed by atoms with Crippen LogP contribution in [0, 0.1) is 17.8 Å². The summed E-state index contributed by atoms with van der Waals surface area (Å²) in [5.74, 6) is 4.55. The summed E-state index contributed by atoms with van der Waals surface area (Å²) in [6.45, 7) is 5.32. The SMILES string of the molecule is CCCCCC1CCC(/C=C/COc2ccc(C3CCC(CCCCC)CC3)cc2)CC1. The van der Waals surface area contributed by atoms with Crippen molar-refractivity contribution in [2.24, 2.45) is 17.8 Å². The van der Waals surface area contributed by atoms with Crippen LogP contribution in [0.5, 0.6) is 5.75 Å². The summed E-state index contributed by atoms with van der Waals surface area (Å²) in [5, 5.41) is 0. The first kappa shape index (κ1) is 25.4. The Balaban J connectivity index is 1.30. The molecule has 2 saturated carbocycles. The number of rotatable bonds is 13. The Labute approximate surface area is 199 Å². The van der Waals surface area contributed by atoms with Crippen LogP contribution in [-0.4, -0.2) is 6.61 Å². The maximum absolute atomic E-state index is 6.01. The van der Waals surface area contributed by atoms with Crippen LogP contribution in [0.4, 0.5) is 0 Å². The minimum absolute atomic E-state index is 0.707. The molecule has 2 aliphatic carbocycles. The maximum Gasteiger partial charge on any atom is 0.119 e. The number of hydrogen-bond donors (Lipinski definition) is 0. The van der Waals surface area contributed by atoms with E-state index in [4.69, 9.17) is 4.74 Å². The van der Waals surface area contributed by atoms with Crippen molar-refractivity contribution in [3.63, 3.8) is 0 Å². The van der Waals surface area contributed by atoms with E-state index in [9.17, 15) is 0 Å². The molecule has 2 aliphatic rings. The molecule has 0 saturated heterocycles. The molecule has 1 nitrogen and oxygen atoms in total. The van der Waals surface area contributed by atoms with Crippen LogP contribution < -0.4 is 4.74 Å². The molecular weight excluding hydrogens is 388 g/mol. The minimum atomic E-state index is 0.707. The highest BCUT2D eigenvalue weighted by Crippen LogP contribution is 2.38. The summed E-state index contributed by atoms with van der Waals surface area (Å²) < 4.78 is 6.01. The normalized spacial score (nSPS) is 26.4. The van der Waals surface area contributed by atoms with Gasteiger partial charge in [0.1, 0.15) is 12.4 Å². The van der Waals surface area contributed by atoms with E-state index in [1.807, 2.05) is 0 Å². The van der Waals surface area contributed by atoms with Gasteiger partial charge in [0.25, 0.3) is 0 Å². The van der Waals surface area contributed by atoms with Crippen molar-refractivity contribution >= 4 is 0 Å². The average molecular weight is 439 g/mol. The third-order valence-corrected chi connectivity index (χ3v) is 8.28. The summed E-state index contributed by atoms with van der Waals surface area (Å²) in [5.41, 5.74) is 1.52. The lowest BCUT2D eigenvalue weighted by atomic mass is 9.77. The van der Waals surface area contributed by atoms with Crippen molar-refractivity contribution in [2.75, 3.05) is 6.61 Å². The van der Waals surface area contributed by atoms with Gasteiger partial charge in [0.05, 0.1) is 0 Å². The van der Waals surface area contributed by atoms with Crippen LogP contribution in [0.1, 0.15) is 128 Å². The van der Waals surface area contributed by atoms with Gasteiger partial charge in [-0.15, -0.1) is 0 Å². The molecule has 1 aromatic carbocycles. The molecule has 0 N–H and O–H groups in total. The monoisotopic (exact) mass is 438 g/mol. The topological polar surface area (TPSA) is 9.23 Å². The predicted octanol–water partition coefficient (Wildman–Crippen LogP) is 9.86. The van der Waals surface area contributed by atoms with Crippen LogP contribution in [0.3, 0.4) is 0 Å². The molecule has 3 rings (SSSR count). The molecule has 2 fully saturated rings. The van der Waals surface area contributed by atoms with Gasteiger partial charge in [-0.25, -0.2) is 0 Å². The van der Waals surface area contributed by atoms with Crippen molar-refractivity contribution in [3.8, 4) is 5.75 Å². The Morgan fingerprint density at radius 3 is 1.84 bits per heavy atom. The fraction of sp³-hybridized carbons (Fsp3) is 0.742. The number of hydrogen-bond acceptors (Lipinski definition) is 1. The van der Waals surface area contributed by atoms with Gasteiger partial charge < -0.3 is 4.74 Å². The van der Waals surface area contributed by atoms with Crippen LogP contribution in [0.15, 0.2) is 36.4 Å². The lowest BCUT2D eigenvalue weighted by Crippen LogP contribution is -2.13. The molecule has 0 bridgehead atoms. The van der Waals surface area contributed by atoms with Gasteiger partial charge in [-0.3, -0.25) is 0 Å². The number of allylic oxidation sites excluding steroid dienone is 1. The average Bonchev–Trinajstić information content (AvgIpc) is 2.84. The predicted molar refractivity (Wildman–Crippen MR) is 140 cm³/mol. The van der Waals surface area contributed by atoms with Gasteiger partial charge in [0.15, 0.2) is 0 Å². The molecular formula is C31H50O. The highest BCUT2D eigenvalue weighted by atomic mass is 16.5. The highest BCUT2D eigenvalue weighted by molar-refractivity contribution is 5.30. The number of ether oxygens (including phenoxy) is 1. The summed E-state index contributed by atoms with van der Waals surface area (Å²) in [4.78, 5) is 0. The van der Waals surface area contributed by atoms with Crippen LogP contribution >= 0.6 is 0 Å². The number of unbranched alkanes of at least 4 members (excludes halogenated alkanes) is 4. The Bertz CT molecular complexity index is 614. The lowest BCUT2D eigenvalue weighted by Gasteiger charge is -2.29. The largest absolute Gasteiger partial charge is 0.490 e. The molecule has 0 aliphatic heterocycles. The smallest absolute Gasteiger partial charge is 0.119 e. The summed E-state index contributed by atoms with van der Waals surface area (Å²) in [6, 6.07) is 9.03. The van der Waals surface area contributed by atoms with Crippen molar-refractivity contribution in [1.29, 1.82) is 0 Å². The van der Waals surface area contributed by atoms with E-state index in [2.05, 4.69) is 50.3 Å². The molecule has 0 aromatic heterocycles. The van der Waals surface area contributed by atoms with E-state index in [0.717, 1.165) is 29.4 Å². The molecule has 0 spiro atoms. The molecule has 0 heterocycles. The van der Waals surface area contributed by atoms with E-state index in [1.54, 1.807) is 0 Å². The van der Waals surface area contributed by atoms with Gasteiger partial charge in [-0.05, 0) is 92.7 Å². The van der Waals surface area contributed by atoms with Gasteiger partial charge in [-0.1, -0.05) is 89.5 Å². The molecule has 0 radical (unpaired) electrons. The first-order valence-electron chi connectivity index (χ1n) is 14.2. The summed E-state index contributed by atoms with van der Waals surface area (Å²) in [7, 11) is 0. The Morgan fingerprint density at radius 2 is 1.28 bits per heavy atom. The van der Waals surface area contributed by atoms with E-state index >= 15 is 0 Å². The van der Waals surface area contributed by atoms with Crippen LogP contribution in [-0.2, 0) is 0 Å². The second-order valence-corrected chi connectivity index (χ2v) is 10.8. The zero-order chi connectivity index (χ0) is 22.4.